The number of unbranched alkanes of at least 4 members (excludes halogenated alkanes) is 9. The summed E-state index contributed by atoms with van der Waals surface area (Å²) in [6.07, 6.45) is 81.7. The third-order valence-corrected chi connectivity index (χ3v) is 9.86. The van der Waals surface area contributed by atoms with Crippen LogP contribution in [0, 0.1) is 0 Å². The van der Waals surface area contributed by atoms with Crippen molar-refractivity contribution in [1.82, 2.24) is 0 Å². The molecule has 0 amide bonds. The van der Waals surface area contributed by atoms with Crippen LogP contribution >= 0.6 is 0 Å². The van der Waals surface area contributed by atoms with Gasteiger partial charge in [0.25, 0.3) is 0 Å². The fourth-order valence-corrected chi connectivity index (χ4v) is 6.04. The second kappa shape index (κ2) is 54.1. The molecule has 6 heteroatoms. The Labute approximate surface area is 414 Å². The van der Waals surface area contributed by atoms with Crippen molar-refractivity contribution < 1.29 is 28.6 Å². The van der Waals surface area contributed by atoms with Gasteiger partial charge < -0.3 is 14.2 Å². The Morgan fingerprint density at radius 1 is 0.324 bits per heavy atom. The Balaban J connectivity index is 4.69. The van der Waals surface area contributed by atoms with Crippen molar-refractivity contribution in [2.75, 3.05) is 13.2 Å². The van der Waals surface area contributed by atoms with Gasteiger partial charge in [0.1, 0.15) is 13.2 Å². The minimum atomic E-state index is -0.861. The minimum Gasteiger partial charge on any atom is -0.462 e. The molecule has 0 aromatic rings. The van der Waals surface area contributed by atoms with Gasteiger partial charge in [0.15, 0.2) is 6.10 Å². The molecule has 0 aliphatic rings. The quantitative estimate of drug-likeness (QED) is 0.0199. The molecule has 6 nitrogen and oxygen atoms in total. The number of allylic oxidation sites excluding steroid dienone is 30. The average molecular weight is 931 g/mol. The molecule has 0 aromatic carbocycles. The van der Waals surface area contributed by atoms with Gasteiger partial charge >= 0.3 is 17.9 Å². The van der Waals surface area contributed by atoms with E-state index in [0.717, 1.165) is 89.9 Å². The first kappa shape index (κ1) is 62.5. The highest BCUT2D eigenvalue weighted by Gasteiger charge is 2.19. The van der Waals surface area contributed by atoms with Gasteiger partial charge in [-0.25, -0.2) is 0 Å². The number of esters is 3. The molecule has 0 bridgehead atoms. The van der Waals surface area contributed by atoms with Crippen LogP contribution in [-0.2, 0) is 28.6 Å². The molecule has 1 atom stereocenters. The molecule has 68 heavy (non-hydrogen) atoms. The summed E-state index contributed by atoms with van der Waals surface area (Å²) < 4.78 is 16.6. The SMILES string of the molecule is CC\C=C/C=C\C=C/C=C\C=C/CCCC(=O)OCC(COC(=O)CC/C=C\C/C=C\C/C=C\C/C=C\C/C=C\C/C=C\CC)OC(=O)CCCCCCC\C=C/C=C\C=C/C=C\CCCCC. The maximum absolute atomic E-state index is 12.8. The van der Waals surface area contributed by atoms with Crippen LogP contribution in [0.4, 0.5) is 0 Å². The van der Waals surface area contributed by atoms with E-state index in [9.17, 15) is 14.4 Å². The standard InChI is InChI=1S/C62H90O6/c1-4-7-10-13-16-19-22-25-27-29-31-33-34-37-40-43-46-49-52-55-61(64)67-58-59(57-66-60(63)54-51-48-45-42-39-36-24-21-18-15-12-9-6-3)68-62(65)56-53-50-47-44-41-38-35-32-30-28-26-23-20-17-14-11-8-5-2/h7,9-10,12,15-21,23-28,30-33,35-37,39-40,42,45-46,49,59H,4-6,8,11,13-14,22,29,34,38,41,43-44,47-48,50-58H2,1-3H3/b10-7-,12-9-,18-15-,19-16-,20-17-,24-21-,26-23-,27-25-,30-28-,33-31-,35-32-,39-36-,40-37-,45-42-,49-46-. The summed E-state index contributed by atoms with van der Waals surface area (Å²) in [5.41, 5.74) is 0. The van der Waals surface area contributed by atoms with E-state index in [4.69, 9.17) is 14.2 Å². The largest absolute Gasteiger partial charge is 0.462 e. The van der Waals surface area contributed by atoms with Crippen LogP contribution in [0.3, 0.4) is 0 Å². The van der Waals surface area contributed by atoms with Crippen LogP contribution in [0.1, 0.15) is 168 Å². The minimum absolute atomic E-state index is 0.159. The molecule has 0 saturated carbocycles. The molecule has 1 unspecified atom stereocenters. The third kappa shape index (κ3) is 51.5. The Morgan fingerprint density at radius 2 is 0.691 bits per heavy atom. The topological polar surface area (TPSA) is 78.9 Å². The first-order valence-corrected chi connectivity index (χ1v) is 25.9. The Hall–Kier alpha value is -5.49. The van der Waals surface area contributed by atoms with Gasteiger partial charge in [0.05, 0.1) is 0 Å². The summed E-state index contributed by atoms with van der Waals surface area (Å²) in [5.74, 6) is -1.15. The van der Waals surface area contributed by atoms with Crippen molar-refractivity contribution in [3.05, 3.63) is 182 Å². The van der Waals surface area contributed by atoms with Crippen molar-refractivity contribution in [2.45, 2.75) is 175 Å². The Kier molecular flexibility index (Phi) is 49.7. The molecule has 0 radical (unpaired) electrons. The van der Waals surface area contributed by atoms with Crippen LogP contribution in [0.2, 0.25) is 0 Å². The smallest absolute Gasteiger partial charge is 0.306 e. The summed E-state index contributed by atoms with van der Waals surface area (Å²) in [6, 6.07) is 0. The molecule has 0 fully saturated rings. The van der Waals surface area contributed by atoms with Gasteiger partial charge in [0, 0.05) is 19.3 Å². The molecule has 0 aromatic heterocycles. The second-order valence-corrected chi connectivity index (χ2v) is 16.2. The van der Waals surface area contributed by atoms with Gasteiger partial charge in [-0.05, 0) is 96.3 Å². The van der Waals surface area contributed by atoms with E-state index >= 15 is 0 Å². The molecule has 0 aliphatic heterocycles. The predicted octanol–water partition coefficient (Wildman–Crippen LogP) is 17.4. The zero-order chi connectivity index (χ0) is 49.3. The van der Waals surface area contributed by atoms with E-state index in [2.05, 4.69) is 130 Å². The van der Waals surface area contributed by atoms with E-state index in [0.29, 0.717) is 19.3 Å². The molecule has 0 spiro atoms. The summed E-state index contributed by atoms with van der Waals surface area (Å²) in [4.78, 5) is 38.0. The summed E-state index contributed by atoms with van der Waals surface area (Å²) in [6.45, 7) is 6.15. The predicted molar refractivity (Wildman–Crippen MR) is 292 cm³/mol. The van der Waals surface area contributed by atoms with Gasteiger partial charge in [-0.15, -0.1) is 0 Å². The molecule has 0 N–H and O–H groups in total. The fraction of sp³-hybridized carbons (Fsp3) is 0.468. The van der Waals surface area contributed by atoms with Gasteiger partial charge in [-0.2, -0.15) is 0 Å². The van der Waals surface area contributed by atoms with Crippen molar-refractivity contribution >= 4 is 17.9 Å². The number of rotatable bonds is 43. The Bertz CT molecular complexity index is 1680. The lowest BCUT2D eigenvalue weighted by Crippen LogP contribution is -2.30. The van der Waals surface area contributed by atoms with Gasteiger partial charge in [-0.3, -0.25) is 14.4 Å². The number of ether oxygens (including phenoxy) is 3. The molecular weight excluding hydrogens is 841 g/mol. The van der Waals surface area contributed by atoms with Crippen LogP contribution in [0.15, 0.2) is 182 Å². The average Bonchev–Trinajstić information content (AvgIpc) is 3.34. The van der Waals surface area contributed by atoms with Crippen molar-refractivity contribution in [3.63, 3.8) is 0 Å². The zero-order valence-corrected chi connectivity index (χ0v) is 42.5. The van der Waals surface area contributed by atoms with E-state index < -0.39 is 12.1 Å². The highest BCUT2D eigenvalue weighted by molar-refractivity contribution is 5.71. The summed E-state index contributed by atoms with van der Waals surface area (Å²) in [5, 5.41) is 0. The fourth-order valence-electron chi connectivity index (χ4n) is 6.04. The van der Waals surface area contributed by atoms with Crippen molar-refractivity contribution in [1.29, 1.82) is 0 Å². The lowest BCUT2D eigenvalue weighted by atomic mass is 10.1. The summed E-state index contributed by atoms with van der Waals surface area (Å²) in [7, 11) is 0. The van der Waals surface area contributed by atoms with Crippen molar-refractivity contribution in [2.24, 2.45) is 0 Å². The maximum Gasteiger partial charge on any atom is 0.306 e. The lowest BCUT2D eigenvalue weighted by molar-refractivity contribution is -0.166. The molecule has 0 aliphatic carbocycles. The van der Waals surface area contributed by atoms with Gasteiger partial charge in [-0.1, -0.05) is 235 Å². The lowest BCUT2D eigenvalue weighted by Gasteiger charge is -2.18. The van der Waals surface area contributed by atoms with Crippen LogP contribution in [0.5, 0.6) is 0 Å². The monoisotopic (exact) mass is 931 g/mol. The van der Waals surface area contributed by atoms with Crippen LogP contribution < -0.4 is 0 Å². The molecule has 0 heterocycles. The number of hydrogen-bond acceptors (Lipinski definition) is 6. The molecule has 374 valence electrons. The van der Waals surface area contributed by atoms with Crippen molar-refractivity contribution in [3.8, 4) is 0 Å². The number of carbonyl (C=O) groups excluding carboxylic acids is 3. The second-order valence-electron chi connectivity index (χ2n) is 16.2. The first-order valence-electron chi connectivity index (χ1n) is 25.9. The number of hydrogen-bond donors (Lipinski definition) is 0. The van der Waals surface area contributed by atoms with E-state index in [1.807, 2.05) is 72.9 Å². The highest BCUT2D eigenvalue weighted by atomic mass is 16.6. The number of carbonyl (C=O) groups is 3. The third-order valence-electron chi connectivity index (χ3n) is 9.86. The maximum atomic E-state index is 12.8. The van der Waals surface area contributed by atoms with E-state index in [1.54, 1.807) is 0 Å². The normalized spacial score (nSPS) is 13.6. The van der Waals surface area contributed by atoms with Crippen LogP contribution in [0.25, 0.3) is 0 Å². The van der Waals surface area contributed by atoms with E-state index in [-0.39, 0.29) is 44.4 Å². The molecule has 0 saturated heterocycles. The van der Waals surface area contributed by atoms with Crippen LogP contribution in [-0.4, -0.2) is 37.2 Å². The molecular formula is C62H90O6. The van der Waals surface area contributed by atoms with E-state index in [1.165, 1.54) is 19.3 Å². The highest BCUT2D eigenvalue weighted by Crippen LogP contribution is 2.11. The Morgan fingerprint density at radius 3 is 1.18 bits per heavy atom. The zero-order valence-electron chi connectivity index (χ0n) is 42.5. The van der Waals surface area contributed by atoms with Gasteiger partial charge in [0.2, 0.25) is 0 Å². The first-order chi connectivity index (χ1) is 33.5. The molecule has 0 rings (SSSR count). The summed E-state index contributed by atoms with van der Waals surface area (Å²) >= 11 is 0.